The second-order valence-electron chi connectivity index (χ2n) is 5.77. The summed E-state index contributed by atoms with van der Waals surface area (Å²) in [5.41, 5.74) is 6.51. The molecule has 1 unspecified atom stereocenters. The van der Waals surface area contributed by atoms with Gasteiger partial charge in [-0.15, -0.1) is 0 Å². The summed E-state index contributed by atoms with van der Waals surface area (Å²) in [5.74, 6) is -0.552. The molecule has 0 amide bonds. The maximum absolute atomic E-state index is 13.8. The molecule has 0 saturated heterocycles. The molecule has 0 aliphatic rings. The Morgan fingerprint density at radius 1 is 1.21 bits per heavy atom. The molecule has 0 bridgehead atoms. The molecule has 5 nitrogen and oxygen atoms in total. The summed E-state index contributed by atoms with van der Waals surface area (Å²) in [7, 11) is -3.69. The summed E-state index contributed by atoms with van der Waals surface area (Å²) >= 11 is 5.47. The summed E-state index contributed by atoms with van der Waals surface area (Å²) in [6, 6.07) is 15.8. The van der Waals surface area contributed by atoms with Crippen molar-refractivity contribution in [2.45, 2.75) is 6.92 Å². The monoisotopic (exact) mass is 414 g/mol. The Morgan fingerprint density at radius 3 is 2.43 bits per heavy atom. The fourth-order valence-corrected chi connectivity index (χ4v) is 5.58. The largest absolute Gasteiger partial charge is 0.439 e. The number of anilines is 1. The predicted molar refractivity (Wildman–Crippen MR) is 109 cm³/mol. The van der Waals surface area contributed by atoms with E-state index in [1.54, 1.807) is 37.3 Å². The third kappa shape index (κ3) is 3.50. The first kappa shape index (κ1) is 20.0. The average molecular weight is 414 g/mol. The summed E-state index contributed by atoms with van der Waals surface area (Å²) in [5, 5.41) is 10.1. The van der Waals surface area contributed by atoms with Crippen LogP contribution in [0.2, 0.25) is 0 Å². The fraction of sp³-hybridized carbons (Fsp3) is 0.100. The topological polar surface area (TPSA) is 89.2 Å². The standard InChI is InChI=1S/C20H16FN2O3PS/c1-2-25-27(24,15-6-4-3-5-7-15)18-19(28)16(12-22)17(26-20(18)23)13-8-10-14(21)11-9-13/h3-11H,2,23H2,1H3. The maximum atomic E-state index is 13.8. The molecule has 0 saturated carbocycles. The molecule has 0 aliphatic carbocycles. The van der Waals surface area contributed by atoms with Gasteiger partial charge in [-0.25, -0.2) is 4.39 Å². The predicted octanol–water partition coefficient (Wildman–Crippen LogP) is 4.53. The Bertz CT molecular complexity index is 1160. The average Bonchev–Trinajstić information content (AvgIpc) is 2.69. The number of nitrogens with two attached hydrogens (primary N) is 1. The SMILES string of the molecule is CCOP(=O)(c1ccccc1)c1c(N)oc(-c2ccc(F)cc2)c(C#N)c1=S. The molecule has 0 fully saturated rings. The summed E-state index contributed by atoms with van der Waals surface area (Å²) in [6.07, 6.45) is 0. The van der Waals surface area contributed by atoms with Crippen LogP contribution in [0.25, 0.3) is 11.3 Å². The van der Waals surface area contributed by atoms with Crippen LogP contribution in [0.4, 0.5) is 10.3 Å². The first-order valence-electron chi connectivity index (χ1n) is 8.35. The number of benzene rings is 2. The lowest BCUT2D eigenvalue weighted by atomic mass is 10.1. The van der Waals surface area contributed by atoms with Crippen molar-refractivity contribution >= 4 is 36.1 Å². The van der Waals surface area contributed by atoms with Crippen molar-refractivity contribution in [3.63, 3.8) is 0 Å². The molecule has 8 heteroatoms. The highest BCUT2D eigenvalue weighted by Gasteiger charge is 2.35. The van der Waals surface area contributed by atoms with Crippen molar-refractivity contribution in [2.75, 3.05) is 12.3 Å². The van der Waals surface area contributed by atoms with E-state index in [-0.39, 0.29) is 33.6 Å². The van der Waals surface area contributed by atoms with Crippen LogP contribution in [0.15, 0.2) is 59.0 Å². The van der Waals surface area contributed by atoms with E-state index in [1.807, 2.05) is 6.07 Å². The Kier molecular flexibility index (Phi) is 5.76. The Morgan fingerprint density at radius 2 is 1.86 bits per heavy atom. The molecule has 142 valence electrons. The van der Waals surface area contributed by atoms with E-state index in [9.17, 15) is 14.2 Å². The minimum absolute atomic E-state index is 0.00814. The van der Waals surface area contributed by atoms with Crippen molar-refractivity contribution in [3.8, 4) is 17.4 Å². The van der Waals surface area contributed by atoms with Gasteiger partial charge in [-0.3, -0.25) is 4.57 Å². The number of hydrogen-bond acceptors (Lipinski definition) is 6. The number of rotatable bonds is 5. The number of halogens is 1. The lowest BCUT2D eigenvalue weighted by molar-refractivity contribution is 0.347. The number of nitrogens with zero attached hydrogens (tertiary/aromatic N) is 1. The van der Waals surface area contributed by atoms with E-state index < -0.39 is 13.2 Å². The van der Waals surface area contributed by atoms with Gasteiger partial charge in [0, 0.05) is 10.9 Å². The van der Waals surface area contributed by atoms with Gasteiger partial charge in [0.1, 0.15) is 22.8 Å². The van der Waals surface area contributed by atoms with Crippen LogP contribution in [-0.2, 0) is 9.09 Å². The highest BCUT2D eigenvalue weighted by molar-refractivity contribution is 7.77. The molecular weight excluding hydrogens is 398 g/mol. The first-order valence-corrected chi connectivity index (χ1v) is 10.4. The lowest BCUT2D eigenvalue weighted by Gasteiger charge is -2.20. The van der Waals surface area contributed by atoms with Crippen molar-refractivity contribution < 1.29 is 17.9 Å². The van der Waals surface area contributed by atoms with Crippen LogP contribution in [0.5, 0.6) is 0 Å². The molecule has 1 heterocycles. The van der Waals surface area contributed by atoms with E-state index in [1.165, 1.54) is 24.3 Å². The van der Waals surface area contributed by atoms with Gasteiger partial charge < -0.3 is 14.7 Å². The molecule has 3 rings (SSSR count). The summed E-state index contributed by atoms with van der Waals surface area (Å²) < 4.78 is 38.3. The van der Waals surface area contributed by atoms with Gasteiger partial charge in [-0.05, 0) is 43.3 Å². The zero-order valence-corrected chi connectivity index (χ0v) is 16.6. The van der Waals surface area contributed by atoms with Gasteiger partial charge in [0.05, 0.1) is 11.1 Å². The smallest absolute Gasteiger partial charge is 0.268 e. The second-order valence-corrected chi connectivity index (χ2v) is 8.50. The Hall–Kier alpha value is -2.78. The quantitative estimate of drug-likeness (QED) is 0.487. The van der Waals surface area contributed by atoms with Gasteiger partial charge in [-0.1, -0.05) is 30.4 Å². The van der Waals surface area contributed by atoms with Gasteiger partial charge in [0.25, 0.3) is 7.37 Å². The molecular formula is C20H16FN2O3PS. The van der Waals surface area contributed by atoms with E-state index in [0.717, 1.165) is 0 Å². The minimum Gasteiger partial charge on any atom is -0.439 e. The van der Waals surface area contributed by atoms with E-state index in [2.05, 4.69) is 0 Å². The van der Waals surface area contributed by atoms with Crippen LogP contribution in [0.1, 0.15) is 12.5 Å². The van der Waals surface area contributed by atoms with Gasteiger partial charge in [-0.2, -0.15) is 5.26 Å². The highest BCUT2D eigenvalue weighted by Crippen LogP contribution is 2.47. The third-order valence-electron chi connectivity index (χ3n) is 4.03. The normalized spacial score (nSPS) is 12.9. The lowest BCUT2D eigenvalue weighted by Crippen LogP contribution is -2.23. The number of nitriles is 1. The van der Waals surface area contributed by atoms with Gasteiger partial charge in [0.15, 0.2) is 5.76 Å². The number of nitrogen functional groups attached to an aromatic ring is 1. The molecule has 28 heavy (non-hydrogen) atoms. The van der Waals surface area contributed by atoms with Crippen LogP contribution >= 0.6 is 19.6 Å². The zero-order chi connectivity index (χ0) is 20.3. The first-order chi connectivity index (χ1) is 13.4. The van der Waals surface area contributed by atoms with E-state index in [4.69, 9.17) is 26.9 Å². The maximum Gasteiger partial charge on any atom is 0.268 e. The van der Waals surface area contributed by atoms with Crippen molar-refractivity contribution in [1.29, 1.82) is 5.26 Å². The van der Waals surface area contributed by atoms with Crippen LogP contribution in [0, 0.1) is 21.7 Å². The summed E-state index contributed by atoms with van der Waals surface area (Å²) in [6.45, 7) is 1.84. The Balaban J connectivity index is 2.31. The molecule has 2 N–H and O–H groups in total. The molecule has 0 radical (unpaired) electrons. The van der Waals surface area contributed by atoms with E-state index in [0.29, 0.717) is 10.9 Å². The van der Waals surface area contributed by atoms with Crippen molar-refractivity contribution in [1.82, 2.24) is 0 Å². The molecule has 0 aliphatic heterocycles. The van der Waals surface area contributed by atoms with E-state index >= 15 is 0 Å². The molecule has 1 atom stereocenters. The van der Waals surface area contributed by atoms with Crippen molar-refractivity contribution in [3.05, 3.63) is 70.5 Å². The minimum atomic E-state index is -3.69. The molecule has 3 aromatic rings. The van der Waals surface area contributed by atoms with Crippen LogP contribution in [-0.4, -0.2) is 6.61 Å². The second kappa shape index (κ2) is 8.07. The van der Waals surface area contributed by atoms with Gasteiger partial charge in [0.2, 0.25) is 5.88 Å². The third-order valence-corrected chi connectivity index (χ3v) is 7.23. The number of hydrogen-bond donors (Lipinski definition) is 1. The highest BCUT2D eigenvalue weighted by atomic mass is 32.1. The van der Waals surface area contributed by atoms with Crippen LogP contribution in [0.3, 0.4) is 0 Å². The zero-order valence-electron chi connectivity index (χ0n) is 14.9. The summed E-state index contributed by atoms with van der Waals surface area (Å²) in [4.78, 5) is 0. The fourth-order valence-electron chi connectivity index (χ4n) is 2.80. The molecule has 1 aromatic heterocycles. The van der Waals surface area contributed by atoms with Crippen LogP contribution < -0.4 is 16.3 Å². The molecule has 0 spiro atoms. The Labute approximate surface area is 166 Å². The van der Waals surface area contributed by atoms with Gasteiger partial charge >= 0.3 is 0 Å². The van der Waals surface area contributed by atoms with Crippen molar-refractivity contribution in [2.24, 2.45) is 0 Å². The molecule has 2 aromatic carbocycles.